The molecule has 0 spiro atoms. The molecule has 1 aliphatic rings. The number of aryl methyl sites for hydroxylation is 1. The van der Waals surface area contributed by atoms with Crippen LogP contribution >= 0.6 is 11.8 Å². The van der Waals surface area contributed by atoms with Gasteiger partial charge in [0.2, 0.25) is 11.7 Å². The summed E-state index contributed by atoms with van der Waals surface area (Å²) in [6.07, 6.45) is 4.20. The minimum absolute atomic E-state index is 0.0581. The standard InChI is InChI=1S/C10H13N3O2S/c1-16-10-12-9-7(15-10)3-2-5-13(9)6-4-8(11)14/h2-3,5,10H,4,6H2,1H3,(H2,11,14)/p+1. The van der Waals surface area contributed by atoms with Crippen molar-refractivity contribution in [1.82, 2.24) is 0 Å². The third kappa shape index (κ3) is 2.21. The maximum absolute atomic E-state index is 10.7. The van der Waals surface area contributed by atoms with Gasteiger partial charge in [0.15, 0.2) is 0 Å². The minimum Gasteiger partial charge on any atom is -0.435 e. The molecule has 86 valence electrons. The van der Waals surface area contributed by atoms with E-state index in [1.54, 1.807) is 11.8 Å². The number of nitrogens with two attached hydrogens (primary N) is 1. The second-order valence-corrected chi connectivity index (χ2v) is 4.36. The van der Waals surface area contributed by atoms with Gasteiger partial charge in [0, 0.05) is 0 Å². The highest BCUT2D eigenvalue weighted by atomic mass is 32.2. The van der Waals surface area contributed by atoms with Gasteiger partial charge < -0.3 is 10.5 Å². The van der Waals surface area contributed by atoms with Gasteiger partial charge >= 0.3 is 5.82 Å². The van der Waals surface area contributed by atoms with Crippen LogP contribution in [0, 0.1) is 0 Å². The number of nitrogens with one attached hydrogen (secondary N) is 1. The fourth-order valence-corrected chi connectivity index (χ4v) is 1.99. The summed E-state index contributed by atoms with van der Waals surface area (Å²) in [5.74, 6) is 1.42. The van der Waals surface area contributed by atoms with Gasteiger partial charge in [0.1, 0.15) is 0 Å². The number of fused-ring (bicyclic) bond motifs is 1. The molecule has 1 aliphatic heterocycles. The summed E-state index contributed by atoms with van der Waals surface area (Å²) in [6, 6.07) is 3.80. The highest BCUT2D eigenvalue weighted by Crippen LogP contribution is 2.30. The number of nitrogens with zero attached hydrogens (tertiary/aromatic N) is 1. The fourth-order valence-electron chi connectivity index (χ4n) is 1.56. The normalized spacial score (nSPS) is 17.4. The van der Waals surface area contributed by atoms with Crippen molar-refractivity contribution < 1.29 is 14.1 Å². The van der Waals surface area contributed by atoms with E-state index >= 15 is 0 Å². The Hall–Kier alpha value is -1.43. The Bertz CT molecular complexity index is 411. The van der Waals surface area contributed by atoms with Gasteiger partial charge in [0.05, 0.1) is 19.2 Å². The molecular weight excluding hydrogens is 226 g/mol. The van der Waals surface area contributed by atoms with Crippen LogP contribution in [-0.4, -0.2) is 17.7 Å². The number of hydrogen-bond acceptors (Lipinski definition) is 4. The molecule has 2 heterocycles. The van der Waals surface area contributed by atoms with Gasteiger partial charge in [-0.2, -0.15) is 0 Å². The molecular formula is C10H14N3O2S+. The minimum atomic E-state index is -0.301. The Morgan fingerprint density at radius 3 is 3.25 bits per heavy atom. The van der Waals surface area contributed by atoms with Crippen LogP contribution < -0.4 is 20.4 Å². The van der Waals surface area contributed by atoms with Gasteiger partial charge in [-0.3, -0.25) is 4.79 Å². The second-order valence-electron chi connectivity index (χ2n) is 3.46. The van der Waals surface area contributed by atoms with Crippen molar-refractivity contribution in [2.45, 2.75) is 18.5 Å². The molecule has 16 heavy (non-hydrogen) atoms. The summed E-state index contributed by atoms with van der Waals surface area (Å²) in [5, 5.41) is 3.23. The number of carbonyl (C=O) groups is 1. The molecule has 0 bridgehead atoms. The van der Waals surface area contributed by atoms with E-state index in [1.165, 1.54) is 0 Å². The summed E-state index contributed by atoms with van der Waals surface area (Å²) in [6.45, 7) is 0.565. The largest absolute Gasteiger partial charge is 0.435 e. The molecule has 0 radical (unpaired) electrons. The summed E-state index contributed by atoms with van der Waals surface area (Å²) in [5.41, 5.74) is 5.07. The first-order chi connectivity index (χ1) is 7.70. The lowest BCUT2D eigenvalue weighted by molar-refractivity contribution is -0.681. The van der Waals surface area contributed by atoms with Crippen molar-refractivity contribution in [2.75, 3.05) is 11.6 Å². The first-order valence-electron chi connectivity index (χ1n) is 4.97. The third-order valence-corrected chi connectivity index (χ3v) is 2.98. The Morgan fingerprint density at radius 1 is 1.75 bits per heavy atom. The zero-order valence-corrected chi connectivity index (χ0v) is 9.79. The molecule has 0 saturated carbocycles. The first-order valence-corrected chi connectivity index (χ1v) is 6.26. The van der Waals surface area contributed by atoms with Crippen molar-refractivity contribution in [1.29, 1.82) is 0 Å². The number of carbonyl (C=O) groups excluding carboxylic acids is 1. The molecule has 0 saturated heterocycles. The van der Waals surface area contributed by atoms with E-state index in [2.05, 4.69) is 5.32 Å². The average molecular weight is 240 g/mol. The van der Waals surface area contributed by atoms with Gasteiger partial charge in [-0.25, -0.2) is 9.88 Å². The number of thioether (sulfide) groups is 1. The Balaban J connectivity index is 2.16. The highest BCUT2D eigenvalue weighted by Gasteiger charge is 2.30. The number of ether oxygens (including phenoxy) is 1. The van der Waals surface area contributed by atoms with Gasteiger partial charge in [0.25, 0.3) is 5.56 Å². The van der Waals surface area contributed by atoms with Crippen molar-refractivity contribution in [3.05, 3.63) is 18.3 Å². The van der Waals surface area contributed by atoms with Crippen molar-refractivity contribution in [2.24, 2.45) is 5.73 Å². The van der Waals surface area contributed by atoms with E-state index in [-0.39, 0.29) is 11.5 Å². The van der Waals surface area contributed by atoms with Crippen molar-refractivity contribution in [3.8, 4) is 5.75 Å². The Kier molecular flexibility index (Phi) is 3.19. The third-order valence-electron chi connectivity index (χ3n) is 2.34. The zero-order chi connectivity index (χ0) is 11.5. The summed E-state index contributed by atoms with van der Waals surface area (Å²) in [7, 11) is 0. The first kappa shape index (κ1) is 11.1. The van der Waals surface area contributed by atoms with E-state index in [4.69, 9.17) is 10.5 Å². The van der Waals surface area contributed by atoms with Crippen molar-refractivity contribution >= 4 is 23.5 Å². The molecule has 0 fully saturated rings. The molecule has 0 aromatic carbocycles. The smallest absolute Gasteiger partial charge is 0.321 e. The highest BCUT2D eigenvalue weighted by molar-refractivity contribution is 7.99. The number of amides is 1. The molecule has 1 unspecified atom stereocenters. The number of primary amides is 1. The van der Waals surface area contributed by atoms with Crippen LogP contribution in [-0.2, 0) is 11.3 Å². The number of pyridine rings is 1. The van der Waals surface area contributed by atoms with E-state index in [0.717, 1.165) is 11.6 Å². The Labute approximate surface area is 98.0 Å². The van der Waals surface area contributed by atoms with Crippen LogP contribution in [0.15, 0.2) is 18.3 Å². The molecule has 0 aliphatic carbocycles. The van der Waals surface area contributed by atoms with E-state index < -0.39 is 0 Å². The van der Waals surface area contributed by atoms with Crippen LogP contribution in [0.2, 0.25) is 0 Å². The molecule has 2 rings (SSSR count). The molecule has 1 amide bonds. The maximum Gasteiger partial charge on any atom is 0.321 e. The Morgan fingerprint density at radius 2 is 2.56 bits per heavy atom. The molecule has 3 N–H and O–H groups in total. The lowest BCUT2D eigenvalue weighted by atomic mass is 10.3. The topological polar surface area (TPSA) is 68.2 Å². The number of hydrogen-bond donors (Lipinski definition) is 2. The molecule has 5 nitrogen and oxygen atoms in total. The number of anilines is 1. The van der Waals surface area contributed by atoms with E-state index in [1.807, 2.05) is 29.2 Å². The quantitative estimate of drug-likeness (QED) is 0.743. The molecule has 1 atom stereocenters. The van der Waals surface area contributed by atoms with Crippen LogP contribution in [0.1, 0.15) is 6.42 Å². The van der Waals surface area contributed by atoms with Gasteiger partial charge in [-0.1, -0.05) is 11.8 Å². The average Bonchev–Trinajstić information content (AvgIpc) is 2.69. The van der Waals surface area contributed by atoms with Crippen molar-refractivity contribution in [3.63, 3.8) is 0 Å². The molecule has 1 aromatic heterocycles. The number of rotatable bonds is 4. The van der Waals surface area contributed by atoms with E-state index in [9.17, 15) is 4.79 Å². The SMILES string of the molecule is CSC1Nc2c(ccc[n+]2CCC(N)=O)O1. The van der Waals surface area contributed by atoms with Crippen LogP contribution in [0.3, 0.4) is 0 Å². The number of aromatic nitrogens is 1. The summed E-state index contributed by atoms with van der Waals surface area (Å²) >= 11 is 1.58. The molecule has 1 aromatic rings. The zero-order valence-electron chi connectivity index (χ0n) is 8.97. The van der Waals surface area contributed by atoms with Gasteiger partial charge in [-0.15, -0.1) is 0 Å². The predicted octanol–water partition coefficient (Wildman–Crippen LogP) is 0.300. The summed E-state index contributed by atoms with van der Waals surface area (Å²) in [4.78, 5) is 10.7. The van der Waals surface area contributed by atoms with Gasteiger partial charge in [-0.05, 0) is 18.4 Å². The predicted molar refractivity (Wildman–Crippen MR) is 62.0 cm³/mol. The lowest BCUT2D eigenvalue weighted by Gasteiger charge is -2.01. The fraction of sp³-hybridized carbons (Fsp3) is 0.400. The lowest BCUT2D eigenvalue weighted by Crippen LogP contribution is -2.38. The van der Waals surface area contributed by atoms with Crippen LogP contribution in [0.4, 0.5) is 5.82 Å². The van der Waals surface area contributed by atoms with Crippen LogP contribution in [0.5, 0.6) is 5.75 Å². The molecule has 6 heteroatoms. The summed E-state index contributed by atoms with van der Waals surface area (Å²) < 4.78 is 7.56. The van der Waals surface area contributed by atoms with Crippen LogP contribution in [0.25, 0.3) is 0 Å². The maximum atomic E-state index is 10.7. The monoisotopic (exact) mass is 240 g/mol. The second kappa shape index (κ2) is 4.61. The van der Waals surface area contributed by atoms with E-state index in [0.29, 0.717) is 13.0 Å².